The predicted molar refractivity (Wildman–Crippen MR) is 62.0 cm³/mol. The van der Waals surface area contributed by atoms with Gasteiger partial charge in [0.1, 0.15) is 6.04 Å². The summed E-state index contributed by atoms with van der Waals surface area (Å²) in [5.41, 5.74) is 0.993. The molecule has 0 aliphatic carbocycles. The first kappa shape index (κ1) is 12.2. The zero-order valence-electron chi connectivity index (χ0n) is 9.16. The van der Waals surface area contributed by atoms with Crippen LogP contribution in [0.2, 0.25) is 0 Å². The minimum absolute atomic E-state index is 0.190. The summed E-state index contributed by atoms with van der Waals surface area (Å²) in [6.07, 6.45) is 1.00. The van der Waals surface area contributed by atoms with Crippen molar-refractivity contribution in [1.29, 1.82) is 0 Å². The SMILES string of the molecule is CCCNC(C(=O)OCC)c1ccsc1. The van der Waals surface area contributed by atoms with E-state index in [-0.39, 0.29) is 12.0 Å². The lowest BCUT2D eigenvalue weighted by Gasteiger charge is -2.15. The van der Waals surface area contributed by atoms with Crippen molar-refractivity contribution in [3.8, 4) is 0 Å². The van der Waals surface area contributed by atoms with Gasteiger partial charge in [0.25, 0.3) is 0 Å². The number of carbonyl (C=O) groups is 1. The lowest BCUT2D eigenvalue weighted by molar-refractivity contribution is -0.145. The van der Waals surface area contributed by atoms with Gasteiger partial charge in [-0.15, -0.1) is 0 Å². The van der Waals surface area contributed by atoms with Crippen LogP contribution in [0.4, 0.5) is 0 Å². The van der Waals surface area contributed by atoms with Gasteiger partial charge in [-0.25, -0.2) is 4.79 Å². The first-order valence-corrected chi connectivity index (χ1v) is 6.16. The Hall–Kier alpha value is -0.870. The number of nitrogens with one attached hydrogen (secondary N) is 1. The fourth-order valence-corrected chi connectivity index (χ4v) is 1.98. The van der Waals surface area contributed by atoms with Crippen molar-refractivity contribution in [1.82, 2.24) is 5.32 Å². The molecule has 0 aliphatic heterocycles. The van der Waals surface area contributed by atoms with Gasteiger partial charge in [-0.05, 0) is 42.3 Å². The van der Waals surface area contributed by atoms with Gasteiger partial charge in [-0.1, -0.05) is 6.92 Å². The summed E-state index contributed by atoms with van der Waals surface area (Å²) >= 11 is 1.59. The van der Waals surface area contributed by atoms with E-state index in [0.29, 0.717) is 6.61 Å². The first-order valence-electron chi connectivity index (χ1n) is 5.21. The van der Waals surface area contributed by atoms with E-state index >= 15 is 0 Å². The quantitative estimate of drug-likeness (QED) is 0.758. The van der Waals surface area contributed by atoms with E-state index in [1.54, 1.807) is 11.3 Å². The molecule has 0 saturated carbocycles. The van der Waals surface area contributed by atoms with E-state index < -0.39 is 0 Å². The average Bonchev–Trinajstić information content (AvgIpc) is 2.72. The maximum atomic E-state index is 11.7. The van der Waals surface area contributed by atoms with Gasteiger partial charge in [0.15, 0.2) is 0 Å². The predicted octanol–water partition coefficient (Wildman–Crippen LogP) is 2.35. The van der Waals surface area contributed by atoms with E-state index in [1.807, 2.05) is 23.8 Å². The van der Waals surface area contributed by atoms with Gasteiger partial charge < -0.3 is 10.1 Å². The van der Waals surface area contributed by atoms with E-state index in [2.05, 4.69) is 12.2 Å². The second-order valence-corrected chi connectivity index (χ2v) is 3.98. The van der Waals surface area contributed by atoms with Crippen LogP contribution in [-0.4, -0.2) is 19.1 Å². The molecular weight excluding hydrogens is 210 g/mol. The molecule has 0 spiro atoms. The molecule has 0 amide bonds. The Labute approximate surface area is 94.5 Å². The molecule has 0 saturated heterocycles. The van der Waals surface area contributed by atoms with Crippen LogP contribution in [0, 0.1) is 0 Å². The molecule has 1 heterocycles. The van der Waals surface area contributed by atoms with Gasteiger partial charge in [0.05, 0.1) is 6.61 Å². The van der Waals surface area contributed by atoms with Gasteiger partial charge in [0.2, 0.25) is 0 Å². The second kappa shape index (κ2) is 6.58. The van der Waals surface area contributed by atoms with Crippen LogP contribution < -0.4 is 5.32 Å². The number of esters is 1. The molecule has 84 valence electrons. The van der Waals surface area contributed by atoms with Crippen LogP contribution in [0.5, 0.6) is 0 Å². The summed E-state index contributed by atoms with van der Waals surface area (Å²) in [7, 11) is 0. The third-order valence-electron chi connectivity index (χ3n) is 2.00. The maximum Gasteiger partial charge on any atom is 0.327 e. The molecule has 0 fully saturated rings. The van der Waals surface area contributed by atoms with Gasteiger partial charge >= 0.3 is 5.97 Å². The molecule has 1 atom stereocenters. The third-order valence-corrected chi connectivity index (χ3v) is 2.70. The van der Waals surface area contributed by atoms with Crippen molar-refractivity contribution in [3.05, 3.63) is 22.4 Å². The normalized spacial score (nSPS) is 12.4. The monoisotopic (exact) mass is 227 g/mol. The Morgan fingerprint density at radius 3 is 2.93 bits per heavy atom. The molecule has 15 heavy (non-hydrogen) atoms. The van der Waals surface area contributed by atoms with E-state index in [1.165, 1.54) is 0 Å². The molecular formula is C11H17NO2S. The second-order valence-electron chi connectivity index (χ2n) is 3.20. The maximum absolute atomic E-state index is 11.7. The van der Waals surface area contributed by atoms with Gasteiger partial charge in [-0.2, -0.15) is 11.3 Å². The molecule has 1 rings (SSSR count). The zero-order valence-corrected chi connectivity index (χ0v) is 9.97. The third kappa shape index (κ3) is 3.64. The van der Waals surface area contributed by atoms with Gasteiger partial charge in [0, 0.05) is 0 Å². The summed E-state index contributed by atoms with van der Waals surface area (Å²) < 4.78 is 5.03. The van der Waals surface area contributed by atoms with Crippen molar-refractivity contribution in [2.45, 2.75) is 26.3 Å². The summed E-state index contributed by atoms with van der Waals surface area (Å²) in [6.45, 7) is 5.14. The van der Waals surface area contributed by atoms with Crippen LogP contribution in [0.25, 0.3) is 0 Å². The number of thiophene rings is 1. The fourth-order valence-electron chi connectivity index (χ4n) is 1.29. The minimum Gasteiger partial charge on any atom is -0.465 e. The fraction of sp³-hybridized carbons (Fsp3) is 0.545. The highest BCUT2D eigenvalue weighted by Crippen LogP contribution is 2.17. The number of ether oxygens (including phenoxy) is 1. The molecule has 1 unspecified atom stereocenters. The lowest BCUT2D eigenvalue weighted by Crippen LogP contribution is -2.30. The smallest absolute Gasteiger partial charge is 0.327 e. The Kier molecular flexibility index (Phi) is 5.36. The van der Waals surface area contributed by atoms with Crippen LogP contribution in [0.1, 0.15) is 31.9 Å². The van der Waals surface area contributed by atoms with Crippen molar-refractivity contribution >= 4 is 17.3 Å². The Bertz CT molecular complexity index is 285. The standard InChI is InChI=1S/C11H17NO2S/c1-3-6-12-10(11(13)14-4-2)9-5-7-15-8-9/h5,7-8,10,12H,3-4,6H2,1-2H3. The topological polar surface area (TPSA) is 38.3 Å². The van der Waals surface area contributed by atoms with Crippen LogP contribution in [0.15, 0.2) is 16.8 Å². The molecule has 0 aromatic carbocycles. The van der Waals surface area contributed by atoms with Crippen LogP contribution in [-0.2, 0) is 9.53 Å². The molecule has 1 aromatic heterocycles. The number of carbonyl (C=O) groups excluding carboxylic acids is 1. The molecule has 1 N–H and O–H groups in total. The molecule has 0 radical (unpaired) electrons. The van der Waals surface area contributed by atoms with Crippen molar-refractivity contribution < 1.29 is 9.53 Å². The summed E-state index contributed by atoms with van der Waals surface area (Å²) in [4.78, 5) is 11.7. The summed E-state index contributed by atoms with van der Waals surface area (Å²) in [5, 5.41) is 7.13. The highest BCUT2D eigenvalue weighted by atomic mass is 32.1. The molecule has 1 aromatic rings. The number of hydrogen-bond acceptors (Lipinski definition) is 4. The number of hydrogen-bond donors (Lipinski definition) is 1. The first-order chi connectivity index (χ1) is 7.29. The van der Waals surface area contributed by atoms with E-state index in [9.17, 15) is 4.79 Å². The number of rotatable bonds is 6. The van der Waals surface area contributed by atoms with Crippen LogP contribution >= 0.6 is 11.3 Å². The molecule has 0 bridgehead atoms. The van der Waals surface area contributed by atoms with E-state index in [0.717, 1.165) is 18.5 Å². The van der Waals surface area contributed by atoms with Crippen molar-refractivity contribution in [2.75, 3.05) is 13.2 Å². The zero-order chi connectivity index (χ0) is 11.1. The molecule has 4 heteroatoms. The average molecular weight is 227 g/mol. The molecule has 0 aliphatic rings. The molecule has 3 nitrogen and oxygen atoms in total. The summed E-state index contributed by atoms with van der Waals surface area (Å²) in [5.74, 6) is -0.190. The highest BCUT2D eigenvalue weighted by Gasteiger charge is 2.20. The Morgan fingerprint density at radius 2 is 2.40 bits per heavy atom. The van der Waals surface area contributed by atoms with Gasteiger partial charge in [-0.3, -0.25) is 0 Å². The van der Waals surface area contributed by atoms with E-state index in [4.69, 9.17) is 4.74 Å². The van der Waals surface area contributed by atoms with Crippen molar-refractivity contribution in [3.63, 3.8) is 0 Å². The highest BCUT2D eigenvalue weighted by molar-refractivity contribution is 7.08. The lowest BCUT2D eigenvalue weighted by atomic mass is 10.1. The van der Waals surface area contributed by atoms with Crippen molar-refractivity contribution in [2.24, 2.45) is 0 Å². The summed E-state index contributed by atoms with van der Waals surface area (Å²) in [6, 6.07) is 1.64. The van der Waals surface area contributed by atoms with Crippen LogP contribution in [0.3, 0.4) is 0 Å². The largest absolute Gasteiger partial charge is 0.465 e. The minimum atomic E-state index is -0.309. The Balaban J connectivity index is 2.65. The Morgan fingerprint density at radius 1 is 1.60 bits per heavy atom.